The van der Waals surface area contributed by atoms with Crippen molar-refractivity contribution in [1.29, 1.82) is 0 Å². The van der Waals surface area contributed by atoms with Crippen LogP contribution in [0.25, 0.3) is 11.3 Å². The molecule has 0 amide bonds. The average molecular weight is 294 g/mol. The number of hydrogen-bond acceptors (Lipinski definition) is 4. The Hall–Kier alpha value is -1.40. The molecule has 0 radical (unpaired) electrons. The minimum atomic E-state index is -3.20. The highest BCUT2D eigenvalue weighted by molar-refractivity contribution is 7.93. The van der Waals surface area contributed by atoms with Crippen LogP contribution in [-0.4, -0.2) is 18.7 Å². The molecule has 2 aromatic rings. The summed E-state index contributed by atoms with van der Waals surface area (Å²) in [5.41, 5.74) is 2.42. The van der Waals surface area contributed by atoms with Crippen molar-refractivity contribution in [3.05, 3.63) is 34.7 Å². The first-order chi connectivity index (χ1) is 9.04. The van der Waals surface area contributed by atoms with E-state index < -0.39 is 10.0 Å². The summed E-state index contributed by atoms with van der Waals surface area (Å²) in [6.45, 7) is 1.95. The number of rotatable bonds is 4. The molecular weight excluding hydrogens is 280 g/mol. The van der Waals surface area contributed by atoms with E-state index in [2.05, 4.69) is 9.71 Å². The first-order valence-corrected chi connectivity index (χ1v) is 8.51. The maximum absolute atomic E-state index is 11.9. The van der Waals surface area contributed by atoms with Gasteiger partial charge in [0.2, 0.25) is 10.0 Å². The smallest absolute Gasteiger partial charge is 0.235 e. The van der Waals surface area contributed by atoms with Gasteiger partial charge >= 0.3 is 0 Å². The van der Waals surface area contributed by atoms with Crippen LogP contribution in [0.3, 0.4) is 0 Å². The lowest BCUT2D eigenvalue weighted by Gasteiger charge is -2.07. The topological polar surface area (TPSA) is 59.1 Å². The van der Waals surface area contributed by atoms with Crippen molar-refractivity contribution >= 4 is 27.0 Å². The van der Waals surface area contributed by atoms with Gasteiger partial charge in [-0.25, -0.2) is 13.4 Å². The summed E-state index contributed by atoms with van der Waals surface area (Å²) in [6.07, 6.45) is 1.53. The van der Waals surface area contributed by atoms with Gasteiger partial charge in [-0.2, -0.15) is 0 Å². The minimum absolute atomic E-state index is 0.210. The Morgan fingerprint density at radius 1 is 1.37 bits per heavy atom. The van der Waals surface area contributed by atoms with E-state index in [4.69, 9.17) is 0 Å². The van der Waals surface area contributed by atoms with Crippen molar-refractivity contribution in [3.8, 4) is 11.3 Å². The molecule has 1 saturated carbocycles. The molecule has 19 heavy (non-hydrogen) atoms. The fraction of sp³-hybridized carbons (Fsp3) is 0.308. The standard InChI is InChI=1S/C13H14N2O2S2/c1-9-14-13(8-18-9)10-3-2-4-11(7-10)15-19(16,17)12-5-6-12/h2-4,7-8,12,15H,5-6H2,1H3. The molecule has 0 atom stereocenters. The van der Waals surface area contributed by atoms with E-state index in [0.717, 1.165) is 29.1 Å². The molecular formula is C13H14N2O2S2. The molecule has 0 aliphatic heterocycles. The molecule has 1 N–H and O–H groups in total. The van der Waals surface area contributed by atoms with Crippen LogP contribution < -0.4 is 4.72 Å². The molecule has 3 rings (SSSR count). The Labute approximate surface area is 116 Å². The summed E-state index contributed by atoms with van der Waals surface area (Å²) in [4.78, 5) is 4.41. The molecule has 100 valence electrons. The lowest BCUT2D eigenvalue weighted by atomic mass is 10.1. The molecule has 1 aliphatic carbocycles. The van der Waals surface area contributed by atoms with Crippen LogP contribution in [0.5, 0.6) is 0 Å². The average Bonchev–Trinajstić information content (AvgIpc) is 3.13. The van der Waals surface area contributed by atoms with Gasteiger partial charge in [-0.3, -0.25) is 4.72 Å². The molecule has 0 spiro atoms. The molecule has 4 nitrogen and oxygen atoms in total. The van der Waals surface area contributed by atoms with E-state index in [1.165, 1.54) is 0 Å². The third-order valence-corrected chi connectivity index (χ3v) is 5.64. The van der Waals surface area contributed by atoms with Gasteiger partial charge in [-0.15, -0.1) is 11.3 Å². The van der Waals surface area contributed by atoms with Crippen LogP contribution in [0.15, 0.2) is 29.6 Å². The molecule has 0 bridgehead atoms. The number of sulfonamides is 1. The molecule has 1 aromatic heterocycles. The Morgan fingerprint density at radius 3 is 2.79 bits per heavy atom. The highest BCUT2D eigenvalue weighted by Gasteiger charge is 2.35. The maximum Gasteiger partial charge on any atom is 0.235 e. The summed E-state index contributed by atoms with van der Waals surface area (Å²) in [5.74, 6) is 0. The lowest BCUT2D eigenvalue weighted by Crippen LogP contribution is -2.17. The fourth-order valence-electron chi connectivity index (χ4n) is 1.86. The molecule has 0 unspecified atom stereocenters. The van der Waals surface area contributed by atoms with Crippen LogP contribution in [0.2, 0.25) is 0 Å². The van der Waals surface area contributed by atoms with Crippen molar-refractivity contribution in [2.45, 2.75) is 25.0 Å². The van der Waals surface area contributed by atoms with E-state index in [1.54, 1.807) is 17.4 Å². The Morgan fingerprint density at radius 2 is 2.16 bits per heavy atom. The van der Waals surface area contributed by atoms with Crippen molar-refractivity contribution < 1.29 is 8.42 Å². The highest BCUT2D eigenvalue weighted by atomic mass is 32.2. The SMILES string of the molecule is Cc1nc(-c2cccc(NS(=O)(=O)C3CC3)c2)cs1. The normalized spacial score (nSPS) is 15.4. The van der Waals surface area contributed by atoms with Crippen LogP contribution >= 0.6 is 11.3 Å². The summed E-state index contributed by atoms with van der Waals surface area (Å²) in [6, 6.07) is 7.37. The maximum atomic E-state index is 11.9. The molecule has 0 saturated heterocycles. The monoisotopic (exact) mass is 294 g/mol. The van der Waals surface area contributed by atoms with Crippen LogP contribution in [-0.2, 0) is 10.0 Å². The Bertz CT molecular complexity index is 703. The zero-order valence-corrected chi connectivity index (χ0v) is 12.1. The van der Waals surface area contributed by atoms with E-state index >= 15 is 0 Å². The van der Waals surface area contributed by atoms with Crippen molar-refractivity contribution in [1.82, 2.24) is 4.98 Å². The van der Waals surface area contributed by atoms with Crippen molar-refractivity contribution in [3.63, 3.8) is 0 Å². The summed E-state index contributed by atoms with van der Waals surface area (Å²) >= 11 is 1.58. The minimum Gasteiger partial charge on any atom is -0.283 e. The van der Waals surface area contributed by atoms with Crippen molar-refractivity contribution in [2.24, 2.45) is 0 Å². The zero-order valence-electron chi connectivity index (χ0n) is 10.5. The summed E-state index contributed by atoms with van der Waals surface area (Å²) in [7, 11) is -3.20. The third kappa shape index (κ3) is 2.79. The zero-order chi connectivity index (χ0) is 13.5. The number of nitrogens with zero attached hydrogens (tertiary/aromatic N) is 1. The molecule has 1 aromatic carbocycles. The van der Waals surface area contributed by atoms with E-state index in [-0.39, 0.29) is 5.25 Å². The van der Waals surface area contributed by atoms with Gasteiger partial charge in [0.15, 0.2) is 0 Å². The van der Waals surface area contributed by atoms with Gasteiger partial charge in [0.05, 0.1) is 16.0 Å². The second kappa shape index (κ2) is 4.61. The summed E-state index contributed by atoms with van der Waals surface area (Å²) < 4.78 is 26.4. The Balaban J connectivity index is 1.88. The quantitative estimate of drug-likeness (QED) is 0.943. The first kappa shape index (κ1) is 12.6. The molecule has 1 heterocycles. The second-order valence-corrected chi connectivity index (χ2v) is 7.70. The van der Waals surface area contributed by atoms with Gasteiger partial charge in [-0.05, 0) is 31.9 Å². The van der Waals surface area contributed by atoms with E-state index in [1.807, 2.05) is 30.5 Å². The first-order valence-electron chi connectivity index (χ1n) is 6.09. The number of hydrogen-bond donors (Lipinski definition) is 1. The van der Waals surface area contributed by atoms with Crippen LogP contribution in [0, 0.1) is 6.92 Å². The van der Waals surface area contributed by atoms with Gasteiger partial charge in [-0.1, -0.05) is 12.1 Å². The second-order valence-electron chi connectivity index (χ2n) is 4.68. The molecule has 6 heteroatoms. The number of anilines is 1. The van der Waals surface area contributed by atoms with E-state index in [9.17, 15) is 8.42 Å². The lowest BCUT2D eigenvalue weighted by molar-refractivity contribution is 0.600. The van der Waals surface area contributed by atoms with Gasteiger partial charge < -0.3 is 0 Å². The predicted molar refractivity (Wildman–Crippen MR) is 77.9 cm³/mol. The number of aryl methyl sites for hydroxylation is 1. The summed E-state index contributed by atoms with van der Waals surface area (Å²) in [5, 5.41) is 2.76. The number of benzene rings is 1. The van der Waals surface area contributed by atoms with Crippen molar-refractivity contribution in [2.75, 3.05) is 4.72 Å². The number of nitrogens with one attached hydrogen (secondary N) is 1. The van der Waals surface area contributed by atoms with Gasteiger partial charge in [0.1, 0.15) is 0 Å². The van der Waals surface area contributed by atoms with Gasteiger partial charge in [0, 0.05) is 16.6 Å². The van der Waals surface area contributed by atoms with Crippen LogP contribution in [0.4, 0.5) is 5.69 Å². The molecule has 1 aliphatic rings. The number of aromatic nitrogens is 1. The van der Waals surface area contributed by atoms with E-state index in [0.29, 0.717) is 5.69 Å². The molecule has 1 fully saturated rings. The fourth-order valence-corrected chi connectivity index (χ4v) is 3.86. The Kier molecular flexibility index (Phi) is 3.06. The third-order valence-electron chi connectivity index (χ3n) is 3.00. The largest absolute Gasteiger partial charge is 0.283 e. The predicted octanol–water partition coefficient (Wildman–Crippen LogP) is 3.02. The van der Waals surface area contributed by atoms with Crippen LogP contribution in [0.1, 0.15) is 17.8 Å². The highest BCUT2D eigenvalue weighted by Crippen LogP contribution is 2.31. The van der Waals surface area contributed by atoms with Gasteiger partial charge in [0.25, 0.3) is 0 Å². The number of thiazole rings is 1.